The van der Waals surface area contributed by atoms with Crippen LogP contribution in [0.3, 0.4) is 0 Å². The van der Waals surface area contributed by atoms with Gasteiger partial charge in [-0.05, 0) is 12.3 Å². The highest BCUT2D eigenvalue weighted by Crippen LogP contribution is 2.44. The number of nitrogens with one attached hydrogen (secondary N) is 1. The Labute approximate surface area is 164 Å². The molecule has 28 heavy (non-hydrogen) atoms. The Morgan fingerprint density at radius 3 is 2.64 bits per heavy atom. The number of thioether (sulfide) groups is 1. The number of rotatable bonds is 5. The van der Waals surface area contributed by atoms with Crippen LogP contribution >= 0.6 is 11.8 Å². The normalized spacial score (nSPS) is 11.6. The minimum Gasteiger partial charge on any atom is -0.360 e. The van der Waals surface area contributed by atoms with Crippen LogP contribution in [0.5, 0.6) is 0 Å². The second-order valence-corrected chi connectivity index (χ2v) is 7.53. The van der Waals surface area contributed by atoms with E-state index in [1.807, 2.05) is 12.1 Å². The molecule has 0 radical (unpaired) electrons. The van der Waals surface area contributed by atoms with Crippen molar-refractivity contribution >= 4 is 34.3 Å². The lowest BCUT2D eigenvalue weighted by atomic mass is 10.0. The first kappa shape index (κ1) is 16.9. The van der Waals surface area contributed by atoms with Crippen molar-refractivity contribution in [3.8, 4) is 22.5 Å². The number of anilines is 1. The molecule has 5 rings (SSSR count). The zero-order valence-corrected chi connectivity index (χ0v) is 15.8. The summed E-state index contributed by atoms with van der Waals surface area (Å²) in [7, 11) is 0. The fourth-order valence-corrected chi connectivity index (χ4v) is 4.07. The van der Waals surface area contributed by atoms with Crippen molar-refractivity contribution in [3.05, 3.63) is 48.2 Å². The summed E-state index contributed by atoms with van der Waals surface area (Å²) in [5.74, 6) is 1.49. The predicted octanol–water partition coefficient (Wildman–Crippen LogP) is 4.09. The molecule has 0 saturated heterocycles. The van der Waals surface area contributed by atoms with Crippen LogP contribution < -0.4 is 5.32 Å². The number of amides is 1. The first-order valence-electron chi connectivity index (χ1n) is 8.82. The molecule has 0 spiro atoms. The van der Waals surface area contributed by atoms with Gasteiger partial charge in [0.2, 0.25) is 11.1 Å². The van der Waals surface area contributed by atoms with Crippen molar-refractivity contribution in [3.63, 3.8) is 0 Å². The number of carbonyl (C=O) groups excluding carboxylic acids is 1. The second-order valence-electron chi connectivity index (χ2n) is 6.47. The van der Waals surface area contributed by atoms with Crippen molar-refractivity contribution in [1.29, 1.82) is 0 Å². The van der Waals surface area contributed by atoms with Gasteiger partial charge >= 0.3 is 0 Å². The molecule has 0 fully saturated rings. The molecule has 1 aliphatic rings. The summed E-state index contributed by atoms with van der Waals surface area (Å²) in [5, 5.41) is 18.0. The van der Waals surface area contributed by atoms with Gasteiger partial charge in [-0.3, -0.25) is 4.79 Å². The van der Waals surface area contributed by atoms with Gasteiger partial charge in [0.15, 0.2) is 5.82 Å². The maximum atomic E-state index is 12.0. The Bertz CT molecular complexity index is 1220. The van der Waals surface area contributed by atoms with Crippen molar-refractivity contribution in [2.24, 2.45) is 0 Å². The molecule has 138 valence electrons. The van der Waals surface area contributed by atoms with E-state index in [1.165, 1.54) is 22.5 Å². The number of hydrogen-bond acceptors (Lipinski definition) is 7. The molecular weight excluding hydrogens is 374 g/mol. The third-order valence-electron chi connectivity index (χ3n) is 4.54. The summed E-state index contributed by atoms with van der Waals surface area (Å²) >= 11 is 1.41. The molecule has 0 unspecified atom stereocenters. The molecule has 7 nitrogen and oxygen atoms in total. The number of nitrogens with zero attached hydrogens (tertiary/aromatic N) is 4. The lowest BCUT2D eigenvalue weighted by Crippen LogP contribution is -2.12. The van der Waals surface area contributed by atoms with Crippen LogP contribution in [-0.4, -0.2) is 32.0 Å². The van der Waals surface area contributed by atoms with E-state index in [0.717, 1.165) is 22.5 Å². The first-order valence-corrected chi connectivity index (χ1v) is 9.81. The highest BCUT2D eigenvalue weighted by atomic mass is 32.2. The molecule has 2 heterocycles. The number of benzene rings is 2. The molecule has 1 N–H and O–H groups in total. The fourth-order valence-electron chi connectivity index (χ4n) is 3.34. The number of aromatic nitrogens is 4. The number of fused-ring (bicyclic) bond motifs is 3. The second kappa shape index (κ2) is 6.72. The van der Waals surface area contributed by atoms with E-state index in [4.69, 9.17) is 9.51 Å². The molecule has 4 aromatic rings. The molecule has 0 saturated carbocycles. The maximum absolute atomic E-state index is 12.0. The van der Waals surface area contributed by atoms with Crippen LogP contribution in [0, 0.1) is 6.92 Å². The Balaban J connectivity index is 1.30. The molecule has 2 aromatic heterocycles. The summed E-state index contributed by atoms with van der Waals surface area (Å²) in [6, 6.07) is 14.0. The van der Waals surface area contributed by atoms with Crippen LogP contribution in [0.4, 0.5) is 5.82 Å². The van der Waals surface area contributed by atoms with Crippen LogP contribution in [0.25, 0.3) is 33.3 Å². The summed E-state index contributed by atoms with van der Waals surface area (Å²) in [6.45, 7) is 1.77. The summed E-state index contributed by atoms with van der Waals surface area (Å²) in [5.41, 5.74) is 3.82. The Hall–Kier alpha value is -3.26. The van der Waals surface area contributed by atoms with E-state index in [2.05, 4.69) is 44.9 Å². The molecule has 2 aromatic carbocycles. The van der Waals surface area contributed by atoms with Crippen molar-refractivity contribution < 1.29 is 9.32 Å². The van der Waals surface area contributed by atoms with Gasteiger partial charge in [-0.15, -0.1) is 10.2 Å². The lowest BCUT2D eigenvalue weighted by molar-refractivity contribution is -0.115. The van der Waals surface area contributed by atoms with Gasteiger partial charge in [-0.25, -0.2) is 4.98 Å². The van der Waals surface area contributed by atoms with E-state index in [-0.39, 0.29) is 5.91 Å². The van der Waals surface area contributed by atoms with E-state index in [9.17, 15) is 4.79 Å². The van der Waals surface area contributed by atoms with E-state index >= 15 is 0 Å². The quantitative estimate of drug-likeness (QED) is 0.452. The first-order chi connectivity index (χ1) is 13.7. The molecule has 1 amide bonds. The third-order valence-corrected chi connectivity index (χ3v) is 5.38. The van der Waals surface area contributed by atoms with Crippen LogP contribution in [0.15, 0.2) is 52.1 Å². The van der Waals surface area contributed by atoms with Crippen molar-refractivity contribution in [1.82, 2.24) is 20.3 Å². The Morgan fingerprint density at radius 2 is 1.89 bits per heavy atom. The van der Waals surface area contributed by atoms with Gasteiger partial charge in [-0.1, -0.05) is 53.3 Å². The SMILES string of the molecule is Cc1cc(NC(=O)CCSc2nnc3c(n2)-c2cccc4cccc-3c24)no1. The zero-order chi connectivity index (χ0) is 19.1. The van der Waals surface area contributed by atoms with Gasteiger partial charge in [-0.2, -0.15) is 0 Å². The predicted molar refractivity (Wildman–Crippen MR) is 107 cm³/mol. The fraction of sp³-hybridized carbons (Fsp3) is 0.150. The average molecular weight is 389 g/mol. The molecular formula is C20H15N5O2S. The molecule has 1 aliphatic carbocycles. The van der Waals surface area contributed by atoms with Crippen LogP contribution in [-0.2, 0) is 4.79 Å². The summed E-state index contributed by atoms with van der Waals surface area (Å²) in [4.78, 5) is 16.7. The van der Waals surface area contributed by atoms with Crippen LogP contribution in [0.1, 0.15) is 12.2 Å². The Kier molecular flexibility index (Phi) is 4.05. The Morgan fingerprint density at radius 1 is 1.11 bits per heavy atom. The maximum Gasteiger partial charge on any atom is 0.226 e. The molecule has 0 atom stereocenters. The summed E-state index contributed by atoms with van der Waals surface area (Å²) in [6.07, 6.45) is 0.312. The highest BCUT2D eigenvalue weighted by Gasteiger charge is 2.24. The minimum absolute atomic E-state index is 0.132. The highest BCUT2D eigenvalue weighted by molar-refractivity contribution is 7.99. The standard InChI is InChI=1S/C20H15N5O2S/c1-11-10-15(25-27-11)21-16(26)8-9-28-20-22-18-13-6-2-4-12-5-3-7-14(17(12)13)19(18)23-24-20/h2-7,10H,8-9H2,1H3,(H,21,25,26). The molecule has 0 aliphatic heterocycles. The minimum atomic E-state index is -0.132. The number of hydrogen-bond donors (Lipinski definition) is 1. The third kappa shape index (κ3) is 2.91. The smallest absolute Gasteiger partial charge is 0.226 e. The van der Waals surface area contributed by atoms with Gasteiger partial charge in [0, 0.05) is 34.8 Å². The van der Waals surface area contributed by atoms with Crippen molar-refractivity contribution in [2.75, 3.05) is 11.1 Å². The number of carbonyl (C=O) groups is 1. The van der Waals surface area contributed by atoms with Crippen LogP contribution in [0.2, 0.25) is 0 Å². The largest absolute Gasteiger partial charge is 0.360 e. The van der Waals surface area contributed by atoms with Gasteiger partial charge in [0.05, 0.1) is 0 Å². The summed E-state index contributed by atoms with van der Waals surface area (Å²) < 4.78 is 4.93. The van der Waals surface area contributed by atoms with Gasteiger partial charge < -0.3 is 9.84 Å². The zero-order valence-electron chi connectivity index (χ0n) is 15.0. The van der Waals surface area contributed by atoms with Crippen molar-refractivity contribution in [2.45, 2.75) is 18.5 Å². The van der Waals surface area contributed by atoms with Gasteiger partial charge in [0.25, 0.3) is 0 Å². The monoisotopic (exact) mass is 389 g/mol. The molecule has 0 bridgehead atoms. The topological polar surface area (TPSA) is 93.8 Å². The lowest BCUT2D eigenvalue weighted by Gasteiger charge is -2.03. The van der Waals surface area contributed by atoms with E-state index < -0.39 is 0 Å². The van der Waals surface area contributed by atoms with E-state index in [0.29, 0.717) is 28.9 Å². The average Bonchev–Trinajstić information content (AvgIpc) is 3.25. The number of aryl methyl sites for hydroxylation is 1. The van der Waals surface area contributed by atoms with E-state index in [1.54, 1.807) is 13.0 Å². The molecule has 8 heteroatoms. The van der Waals surface area contributed by atoms with Gasteiger partial charge in [0.1, 0.15) is 17.1 Å².